The maximum absolute atomic E-state index is 11.9. The van der Waals surface area contributed by atoms with Gasteiger partial charge < -0.3 is 4.74 Å². The molecular formula is C6H8FNOS. The first-order valence-corrected chi connectivity index (χ1v) is 3.93. The van der Waals surface area contributed by atoms with E-state index in [1.165, 1.54) is 0 Å². The van der Waals surface area contributed by atoms with Gasteiger partial charge >= 0.3 is 0 Å². The van der Waals surface area contributed by atoms with Crippen LogP contribution in [0.5, 0.6) is 0 Å². The number of nitrogens with zero attached hydrogens (tertiary/aromatic N) is 1. The monoisotopic (exact) mass is 161 g/mol. The molecule has 2 unspecified atom stereocenters. The molecule has 1 heterocycles. The maximum Gasteiger partial charge on any atom is 0.145 e. The van der Waals surface area contributed by atoms with E-state index in [2.05, 4.69) is 0 Å². The number of hydrogen-bond acceptors (Lipinski definition) is 3. The van der Waals surface area contributed by atoms with Crippen LogP contribution in [0.25, 0.3) is 0 Å². The van der Waals surface area contributed by atoms with Crippen LogP contribution in [0.2, 0.25) is 0 Å². The summed E-state index contributed by atoms with van der Waals surface area (Å²) >= 11 is 0.334. The molecular weight excluding hydrogens is 153 g/mol. The second-order valence-corrected chi connectivity index (χ2v) is 3.07. The van der Waals surface area contributed by atoms with E-state index >= 15 is 0 Å². The topological polar surface area (TPSA) is 33.0 Å². The van der Waals surface area contributed by atoms with Gasteiger partial charge in [-0.15, -0.1) is 0 Å². The van der Waals surface area contributed by atoms with E-state index in [4.69, 9.17) is 10.00 Å². The van der Waals surface area contributed by atoms with E-state index in [1.807, 2.05) is 6.07 Å². The molecule has 0 N–H and O–H groups in total. The van der Waals surface area contributed by atoms with Crippen LogP contribution in [0.1, 0.15) is 12.8 Å². The summed E-state index contributed by atoms with van der Waals surface area (Å²) in [6.45, 7) is 0.514. The first-order valence-electron chi connectivity index (χ1n) is 3.15. The fraction of sp³-hybridized carbons (Fsp3) is 0.833. The molecule has 0 spiro atoms. The van der Waals surface area contributed by atoms with Gasteiger partial charge in [0.15, 0.2) is 0 Å². The van der Waals surface area contributed by atoms with Crippen LogP contribution in [0, 0.1) is 11.3 Å². The summed E-state index contributed by atoms with van der Waals surface area (Å²) in [6, 6.07) is 1.97. The van der Waals surface area contributed by atoms with Gasteiger partial charge in [0, 0.05) is 30.4 Å². The highest BCUT2D eigenvalue weighted by Gasteiger charge is 2.22. The molecule has 2 nitrogen and oxygen atoms in total. The van der Waals surface area contributed by atoms with Gasteiger partial charge in [-0.05, 0) is 6.42 Å². The molecule has 0 aromatic carbocycles. The first kappa shape index (κ1) is 7.83. The molecule has 56 valence electrons. The lowest BCUT2D eigenvalue weighted by Crippen LogP contribution is -2.25. The third-order valence-electron chi connectivity index (χ3n) is 1.51. The molecule has 1 aliphatic rings. The van der Waals surface area contributed by atoms with Crippen molar-refractivity contribution in [3.63, 3.8) is 0 Å². The number of nitriles is 1. The smallest absolute Gasteiger partial charge is 0.145 e. The molecule has 0 aromatic heterocycles. The van der Waals surface area contributed by atoms with Crippen LogP contribution in [-0.2, 0) is 4.74 Å². The van der Waals surface area contributed by atoms with Gasteiger partial charge in [0.25, 0.3) is 0 Å². The van der Waals surface area contributed by atoms with Crippen molar-refractivity contribution in [2.75, 3.05) is 6.61 Å². The Kier molecular flexibility index (Phi) is 2.97. The van der Waals surface area contributed by atoms with E-state index in [0.29, 0.717) is 25.2 Å². The van der Waals surface area contributed by atoms with Crippen LogP contribution in [0.15, 0.2) is 0 Å². The standard InChI is InChI=1S/C6H8FNOS/c7-10-6-1-2-9-5(3-6)4-8/h5-6H,1-3H2. The van der Waals surface area contributed by atoms with E-state index in [0.717, 1.165) is 6.42 Å². The van der Waals surface area contributed by atoms with E-state index in [9.17, 15) is 3.89 Å². The lowest BCUT2D eigenvalue weighted by atomic mass is 10.1. The van der Waals surface area contributed by atoms with Crippen LogP contribution in [-0.4, -0.2) is 18.0 Å². The van der Waals surface area contributed by atoms with Crippen LogP contribution in [0.4, 0.5) is 3.89 Å². The molecule has 1 aliphatic heterocycles. The highest BCUT2D eigenvalue weighted by Crippen LogP contribution is 2.25. The summed E-state index contributed by atoms with van der Waals surface area (Å²) in [6.07, 6.45) is 0.860. The number of ether oxygens (including phenoxy) is 1. The Morgan fingerprint density at radius 3 is 3.10 bits per heavy atom. The van der Waals surface area contributed by atoms with E-state index in [1.54, 1.807) is 0 Å². The van der Waals surface area contributed by atoms with Crippen molar-refractivity contribution < 1.29 is 8.62 Å². The Morgan fingerprint density at radius 2 is 2.50 bits per heavy atom. The lowest BCUT2D eigenvalue weighted by molar-refractivity contribution is 0.0539. The molecule has 0 amide bonds. The van der Waals surface area contributed by atoms with Crippen molar-refractivity contribution in [1.82, 2.24) is 0 Å². The molecule has 0 radical (unpaired) electrons. The van der Waals surface area contributed by atoms with E-state index in [-0.39, 0.29) is 11.4 Å². The Bertz CT molecular complexity index is 147. The Hall–Kier alpha value is -0.270. The predicted octanol–water partition coefficient (Wildman–Crippen LogP) is 1.68. The van der Waals surface area contributed by atoms with Gasteiger partial charge in [-0.25, -0.2) is 0 Å². The fourth-order valence-corrected chi connectivity index (χ4v) is 1.37. The SMILES string of the molecule is N#CC1CC(SF)CCO1. The molecule has 2 atom stereocenters. The molecule has 0 saturated carbocycles. The second-order valence-electron chi connectivity index (χ2n) is 2.22. The van der Waals surface area contributed by atoms with Crippen molar-refractivity contribution >= 4 is 12.1 Å². The summed E-state index contributed by atoms with van der Waals surface area (Å²) in [4.78, 5) is 0. The normalized spacial score (nSPS) is 33.2. The van der Waals surface area contributed by atoms with Crippen molar-refractivity contribution in [3.05, 3.63) is 0 Å². The predicted molar refractivity (Wildman–Crippen MR) is 37.1 cm³/mol. The third-order valence-corrected chi connectivity index (χ3v) is 2.19. The minimum absolute atomic E-state index is 0.0293. The van der Waals surface area contributed by atoms with Gasteiger partial charge in [0.05, 0.1) is 6.07 Å². The van der Waals surface area contributed by atoms with Crippen molar-refractivity contribution in [2.24, 2.45) is 0 Å². The summed E-state index contributed by atoms with van der Waals surface area (Å²) in [7, 11) is 0. The fourth-order valence-electron chi connectivity index (χ4n) is 0.937. The molecule has 0 bridgehead atoms. The van der Waals surface area contributed by atoms with Crippen molar-refractivity contribution in [3.8, 4) is 6.07 Å². The molecule has 1 rings (SSSR count). The Labute approximate surface area is 63.6 Å². The average molecular weight is 161 g/mol. The zero-order valence-corrected chi connectivity index (χ0v) is 6.23. The van der Waals surface area contributed by atoms with Crippen LogP contribution in [0.3, 0.4) is 0 Å². The van der Waals surface area contributed by atoms with E-state index < -0.39 is 0 Å². The third kappa shape index (κ3) is 1.86. The molecule has 1 fully saturated rings. The first-order chi connectivity index (χ1) is 4.86. The maximum atomic E-state index is 11.9. The molecule has 4 heteroatoms. The zero-order valence-electron chi connectivity index (χ0n) is 5.42. The quantitative estimate of drug-likeness (QED) is 0.586. The minimum atomic E-state index is -0.387. The molecule has 10 heavy (non-hydrogen) atoms. The summed E-state index contributed by atoms with van der Waals surface area (Å²) in [5.41, 5.74) is 0. The molecule has 0 aliphatic carbocycles. The number of hydrogen-bond donors (Lipinski definition) is 0. The summed E-state index contributed by atoms with van der Waals surface area (Å²) < 4.78 is 17.0. The van der Waals surface area contributed by atoms with Crippen molar-refractivity contribution in [1.29, 1.82) is 5.26 Å². The van der Waals surface area contributed by atoms with Gasteiger partial charge in [-0.2, -0.15) is 9.15 Å². The largest absolute Gasteiger partial charge is 0.363 e. The second kappa shape index (κ2) is 3.79. The van der Waals surface area contributed by atoms with Crippen molar-refractivity contribution in [2.45, 2.75) is 24.2 Å². The number of rotatable bonds is 1. The van der Waals surface area contributed by atoms with Gasteiger partial charge in [0.1, 0.15) is 6.10 Å². The van der Waals surface area contributed by atoms with Gasteiger partial charge in [-0.3, -0.25) is 0 Å². The molecule has 0 aromatic rings. The lowest BCUT2D eigenvalue weighted by Gasteiger charge is -2.21. The Morgan fingerprint density at radius 1 is 1.70 bits per heavy atom. The van der Waals surface area contributed by atoms with Crippen LogP contribution >= 0.6 is 12.1 Å². The molecule has 1 saturated heterocycles. The zero-order chi connectivity index (χ0) is 7.40. The highest BCUT2D eigenvalue weighted by atomic mass is 32.2. The summed E-state index contributed by atoms with van der Waals surface area (Å²) in [5.74, 6) is 0. The minimum Gasteiger partial charge on any atom is -0.363 e. The average Bonchev–Trinajstić information content (AvgIpc) is 2.05. The van der Waals surface area contributed by atoms with Crippen LogP contribution < -0.4 is 0 Å². The van der Waals surface area contributed by atoms with Gasteiger partial charge in [-0.1, -0.05) is 0 Å². The Balaban J connectivity index is 2.33. The number of halogens is 1. The summed E-state index contributed by atoms with van der Waals surface area (Å²) in [5, 5.41) is 8.37. The highest BCUT2D eigenvalue weighted by molar-refractivity contribution is 7.94. The van der Waals surface area contributed by atoms with Gasteiger partial charge in [0.2, 0.25) is 0 Å².